The molecule has 0 radical (unpaired) electrons. The van der Waals surface area contributed by atoms with Crippen LogP contribution in [0.5, 0.6) is 0 Å². The average Bonchev–Trinajstić information content (AvgIpc) is 2.34. The Hall–Kier alpha value is -0.370. The predicted molar refractivity (Wildman–Crippen MR) is 77.4 cm³/mol. The van der Waals surface area contributed by atoms with Gasteiger partial charge in [-0.2, -0.15) is 0 Å². The Labute approximate surface area is 109 Å². The zero-order valence-electron chi connectivity index (χ0n) is 12.9. The molecule has 0 saturated heterocycles. The third-order valence-electron chi connectivity index (χ3n) is 2.79. The molecule has 0 unspecified atom stereocenters. The molecule has 2 heteroatoms. The zero-order chi connectivity index (χ0) is 13.7. The Morgan fingerprint density at radius 2 is 1.53 bits per heavy atom. The van der Waals surface area contributed by atoms with E-state index in [9.17, 15) is 4.79 Å². The van der Waals surface area contributed by atoms with Crippen molar-refractivity contribution in [2.75, 3.05) is 20.1 Å². The van der Waals surface area contributed by atoms with Crippen LogP contribution in [-0.4, -0.2) is 30.8 Å². The highest BCUT2D eigenvalue weighted by Gasteiger charge is 2.15. The van der Waals surface area contributed by atoms with Crippen molar-refractivity contribution in [3.8, 4) is 0 Å². The van der Waals surface area contributed by atoms with Crippen LogP contribution in [0.2, 0.25) is 0 Å². The lowest BCUT2D eigenvalue weighted by Gasteiger charge is -2.26. The van der Waals surface area contributed by atoms with Crippen molar-refractivity contribution in [1.82, 2.24) is 4.90 Å². The highest BCUT2D eigenvalue weighted by Crippen LogP contribution is 2.23. The van der Waals surface area contributed by atoms with E-state index < -0.39 is 0 Å². The lowest BCUT2D eigenvalue weighted by Crippen LogP contribution is -2.30. The summed E-state index contributed by atoms with van der Waals surface area (Å²) in [5, 5.41) is 0. The molecule has 0 bridgehead atoms. The number of hydrogen-bond donors (Lipinski definition) is 0. The number of carbonyl (C=O) groups excluding carboxylic acids is 1. The van der Waals surface area contributed by atoms with Gasteiger partial charge in [0.25, 0.3) is 0 Å². The zero-order valence-corrected chi connectivity index (χ0v) is 12.9. The minimum atomic E-state index is 0.276. The summed E-state index contributed by atoms with van der Waals surface area (Å²) in [7, 11) is 2.05. The molecule has 0 heterocycles. The van der Waals surface area contributed by atoms with Gasteiger partial charge in [0, 0.05) is 6.54 Å². The van der Waals surface area contributed by atoms with Crippen molar-refractivity contribution in [2.24, 2.45) is 5.92 Å². The van der Waals surface area contributed by atoms with E-state index >= 15 is 0 Å². The lowest BCUT2D eigenvalue weighted by molar-refractivity contribution is -0.118. The molecule has 0 spiro atoms. The molecule has 1 rings (SSSR count). The topological polar surface area (TPSA) is 20.3 Å². The largest absolute Gasteiger partial charge is 0.299 e. The van der Waals surface area contributed by atoms with Gasteiger partial charge in [-0.3, -0.25) is 9.69 Å². The summed E-state index contributed by atoms with van der Waals surface area (Å²) in [6.07, 6.45) is 6.91. The van der Waals surface area contributed by atoms with Gasteiger partial charge in [0.1, 0.15) is 5.78 Å². The molecular formula is C15H33NO. The van der Waals surface area contributed by atoms with Crippen molar-refractivity contribution in [3.63, 3.8) is 0 Å². The van der Waals surface area contributed by atoms with Crippen molar-refractivity contribution in [3.05, 3.63) is 0 Å². The first kappa shape index (κ1) is 19.0. The van der Waals surface area contributed by atoms with Crippen LogP contribution in [0.15, 0.2) is 0 Å². The quantitative estimate of drug-likeness (QED) is 0.739. The Morgan fingerprint density at radius 3 is 1.94 bits per heavy atom. The Morgan fingerprint density at radius 1 is 1.06 bits per heavy atom. The van der Waals surface area contributed by atoms with E-state index in [-0.39, 0.29) is 5.78 Å². The molecule has 0 aromatic heterocycles. The van der Waals surface area contributed by atoms with Crippen LogP contribution >= 0.6 is 0 Å². The molecule has 0 N–H and O–H groups in total. The molecule has 17 heavy (non-hydrogen) atoms. The second kappa shape index (κ2) is 13.7. The van der Waals surface area contributed by atoms with Gasteiger partial charge in [-0.15, -0.1) is 0 Å². The number of rotatable bonds is 4. The van der Waals surface area contributed by atoms with Gasteiger partial charge in [-0.25, -0.2) is 0 Å². The van der Waals surface area contributed by atoms with Crippen molar-refractivity contribution >= 4 is 5.78 Å². The monoisotopic (exact) mass is 243 g/mol. The van der Waals surface area contributed by atoms with Gasteiger partial charge < -0.3 is 0 Å². The van der Waals surface area contributed by atoms with Gasteiger partial charge in [-0.05, 0) is 32.7 Å². The van der Waals surface area contributed by atoms with Gasteiger partial charge in [0.05, 0.1) is 6.54 Å². The van der Waals surface area contributed by atoms with Crippen LogP contribution in [0.25, 0.3) is 0 Å². The molecule has 0 aromatic carbocycles. The lowest BCUT2D eigenvalue weighted by atomic mass is 9.89. The molecule has 0 amide bonds. The molecule has 2 nitrogen and oxygen atoms in total. The summed E-state index contributed by atoms with van der Waals surface area (Å²) < 4.78 is 0. The van der Waals surface area contributed by atoms with Crippen molar-refractivity contribution in [1.29, 1.82) is 0 Å². The van der Waals surface area contributed by atoms with Crippen LogP contribution < -0.4 is 0 Å². The second-order valence-corrected chi connectivity index (χ2v) is 4.40. The van der Waals surface area contributed by atoms with Crippen LogP contribution in [0.1, 0.15) is 66.7 Å². The number of nitrogens with zero attached hydrogens (tertiary/aromatic N) is 1. The van der Waals surface area contributed by atoms with E-state index in [2.05, 4.69) is 11.9 Å². The van der Waals surface area contributed by atoms with Crippen LogP contribution in [0, 0.1) is 5.92 Å². The van der Waals surface area contributed by atoms with E-state index in [4.69, 9.17) is 0 Å². The van der Waals surface area contributed by atoms with E-state index in [0.717, 1.165) is 12.5 Å². The van der Waals surface area contributed by atoms with Gasteiger partial charge >= 0.3 is 0 Å². The smallest absolute Gasteiger partial charge is 0.143 e. The summed E-state index contributed by atoms with van der Waals surface area (Å²) in [6.45, 7) is 11.4. The molecule has 1 aliphatic carbocycles. The Balaban J connectivity index is 0. The molecule has 104 valence electrons. The van der Waals surface area contributed by atoms with E-state index in [1.807, 2.05) is 27.7 Å². The summed E-state index contributed by atoms with van der Waals surface area (Å²) in [5.74, 6) is 1.12. The number of ketones is 1. The number of carbonyl (C=O) groups is 1. The van der Waals surface area contributed by atoms with Crippen LogP contribution in [-0.2, 0) is 4.79 Å². The highest BCUT2D eigenvalue weighted by atomic mass is 16.1. The number of likely N-dealkylation sites (N-methyl/N-ethyl adjacent to an activating group) is 1. The fraction of sp³-hybridized carbons (Fsp3) is 0.933. The summed E-state index contributed by atoms with van der Waals surface area (Å²) in [6, 6.07) is 0. The maximum absolute atomic E-state index is 10.9. The fourth-order valence-corrected chi connectivity index (χ4v) is 2.26. The van der Waals surface area contributed by atoms with Gasteiger partial charge in [0.2, 0.25) is 0 Å². The first-order valence-corrected chi connectivity index (χ1v) is 7.36. The molecule has 0 aromatic rings. The van der Waals surface area contributed by atoms with E-state index in [1.165, 1.54) is 32.1 Å². The minimum absolute atomic E-state index is 0.276. The predicted octanol–water partition coefficient (Wildman–Crippen LogP) is 4.14. The van der Waals surface area contributed by atoms with E-state index in [0.29, 0.717) is 6.54 Å². The molecule has 1 saturated carbocycles. The first-order chi connectivity index (χ1) is 8.18. The maximum Gasteiger partial charge on any atom is 0.143 e. The fourth-order valence-electron chi connectivity index (χ4n) is 2.26. The SMILES string of the molecule is CC.CC.CC(=O)CN(C)CC1CCCCC1. The third kappa shape index (κ3) is 11.9. The average molecular weight is 243 g/mol. The highest BCUT2D eigenvalue weighted by molar-refractivity contribution is 5.77. The van der Waals surface area contributed by atoms with Crippen molar-refractivity contribution in [2.45, 2.75) is 66.7 Å². The third-order valence-corrected chi connectivity index (χ3v) is 2.79. The molecule has 0 atom stereocenters. The van der Waals surface area contributed by atoms with Crippen LogP contribution in [0.3, 0.4) is 0 Å². The number of Topliss-reactive ketones (excluding diaryl/α,β-unsaturated/α-hetero) is 1. The molecule has 1 fully saturated rings. The molecular weight excluding hydrogens is 210 g/mol. The summed E-state index contributed by atoms with van der Waals surface area (Å²) in [4.78, 5) is 13.0. The Bertz CT molecular complexity index is 162. The molecule has 1 aliphatic rings. The Kier molecular flexibility index (Phi) is 15.3. The standard InChI is InChI=1S/C11H21NO.2C2H6/c1-10(13)8-12(2)9-11-6-4-3-5-7-11;2*1-2/h11H,3-9H2,1-2H3;2*1-2H3. The molecule has 0 aliphatic heterocycles. The minimum Gasteiger partial charge on any atom is -0.299 e. The maximum atomic E-state index is 10.9. The second-order valence-electron chi connectivity index (χ2n) is 4.40. The summed E-state index contributed by atoms with van der Waals surface area (Å²) >= 11 is 0. The van der Waals surface area contributed by atoms with Crippen LogP contribution in [0.4, 0.5) is 0 Å². The summed E-state index contributed by atoms with van der Waals surface area (Å²) in [5.41, 5.74) is 0. The van der Waals surface area contributed by atoms with Gasteiger partial charge in [0.15, 0.2) is 0 Å². The van der Waals surface area contributed by atoms with E-state index in [1.54, 1.807) is 6.92 Å². The van der Waals surface area contributed by atoms with Gasteiger partial charge in [-0.1, -0.05) is 47.0 Å². The van der Waals surface area contributed by atoms with Crippen molar-refractivity contribution < 1.29 is 4.79 Å². The first-order valence-electron chi connectivity index (χ1n) is 7.36. The normalized spacial score (nSPS) is 15.5. The number of hydrogen-bond acceptors (Lipinski definition) is 2.